The number of fused-ring (bicyclic) bond motifs is 5. The summed E-state index contributed by atoms with van der Waals surface area (Å²) in [6.07, 6.45) is 3.98. The number of hydrogen-bond acceptors (Lipinski definition) is 8. The number of aromatic nitrogens is 4. The van der Waals surface area contributed by atoms with Gasteiger partial charge in [0.05, 0.1) is 47.5 Å². The average molecular weight is 612 g/mol. The van der Waals surface area contributed by atoms with Crippen LogP contribution in [0.2, 0.25) is 0 Å². The highest BCUT2D eigenvalue weighted by atomic mass is 19.1. The number of amides is 1. The Labute approximate surface area is 258 Å². The molecule has 1 saturated heterocycles. The molecule has 2 aliphatic heterocycles. The minimum absolute atomic E-state index is 0.0364. The number of aryl methyl sites for hydroxylation is 1. The van der Waals surface area contributed by atoms with Gasteiger partial charge in [0.25, 0.3) is 0 Å². The van der Waals surface area contributed by atoms with Crippen LogP contribution < -0.4 is 15.3 Å². The molecule has 3 aromatic heterocycles. The zero-order chi connectivity index (χ0) is 31.8. The van der Waals surface area contributed by atoms with Crippen molar-refractivity contribution in [1.29, 1.82) is 5.26 Å². The summed E-state index contributed by atoms with van der Waals surface area (Å²) in [7, 11) is 0. The van der Waals surface area contributed by atoms with Crippen molar-refractivity contribution in [1.82, 2.24) is 24.4 Å². The molecule has 1 amide bonds. The van der Waals surface area contributed by atoms with E-state index in [1.165, 1.54) is 28.8 Å². The first-order chi connectivity index (χ1) is 21.7. The molecule has 0 spiro atoms. The first kappa shape index (κ1) is 29.9. The lowest BCUT2D eigenvalue weighted by molar-refractivity contribution is -0.128. The van der Waals surface area contributed by atoms with Crippen LogP contribution in [-0.4, -0.2) is 62.6 Å². The first-order valence-corrected chi connectivity index (χ1v) is 14.8. The van der Waals surface area contributed by atoms with Gasteiger partial charge in [-0.3, -0.25) is 9.78 Å². The van der Waals surface area contributed by atoms with Gasteiger partial charge < -0.3 is 14.5 Å². The molecule has 0 aliphatic carbocycles. The molecule has 6 rings (SSSR count). The van der Waals surface area contributed by atoms with Crippen LogP contribution in [0.15, 0.2) is 54.0 Å². The van der Waals surface area contributed by atoms with E-state index < -0.39 is 23.4 Å². The Balaban J connectivity index is 1.66. The molecule has 1 aromatic carbocycles. The van der Waals surface area contributed by atoms with Crippen molar-refractivity contribution in [3.05, 3.63) is 82.6 Å². The molecule has 10 nitrogen and oxygen atoms in total. The summed E-state index contributed by atoms with van der Waals surface area (Å²) in [6, 6.07) is 8.91. The smallest absolute Gasteiger partial charge is 0.355 e. The highest BCUT2D eigenvalue weighted by Crippen LogP contribution is 2.38. The van der Waals surface area contributed by atoms with Crippen LogP contribution in [0.5, 0.6) is 5.75 Å². The Morgan fingerprint density at radius 2 is 2.04 bits per heavy atom. The van der Waals surface area contributed by atoms with Crippen molar-refractivity contribution in [2.75, 3.05) is 31.1 Å². The number of nitriles is 1. The monoisotopic (exact) mass is 611 g/mol. The van der Waals surface area contributed by atoms with Crippen LogP contribution in [-0.2, 0) is 11.2 Å². The topological polar surface area (TPSA) is 117 Å². The minimum Gasteiger partial charge on any atom is -0.493 e. The van der Waals surface area contributed by atoms with Crippen LogP contribution in [0.4, 0.5) is 14.6 Å². The normalized spacial score (nSPS) is 16.3. The molecular formula is C33H31F2N7O3. The van der Waals surface area contributed by atoms with Gasteiger partial charge in [-0.05, 0) is 54.7 Å². The van der Waals surface area contributed by atoms with E-state index in [9.17, 15) is 14.9 Å². The number of carbonyl (C=O) groups is 1. The molecule has 2 aliphatic rings. The number of halogens is 2. The van der Waals surface area contributed by atoms with Crippen molar-refractivity contribution in [2.24, 2.45) is 0 Å². The lowest BCUT2D eigenvalue weighted by atomic mass is 10.0. The highest BCUT2D eigenvalue weighted by Gasteiger charge is 2.33. The summed E-state index contributed by atoms with van der Waals surface area (Å²) < 4.78 is 38.9. The van der Waals surface area contributed by atoms with Gasteiger partial charge >= 0.3 is 5.69 Å². The highest BCUT2D eigenvalue weighted by molar-refractivity contribution is 5.91. The number of nitrogens with zero attached hydrogens (tertiary/aromatic N) is 7. The summed E-state index contributed by atoms with van der Waals surface area (Å²) in [5.41, 5.74) is 0.917. The number of carbonyl (C=O) groups excluding carboxylic acids is 1. The third kappa shape index (κ3) is 5.28. The molecule has 45 heavy (non-hydrogen) atoms. The second-order valence-corrected chi connectivity index (χ2v) is 11.4. The molecule has 0 unspecified atom stereocenters. The number of hydrogen-bond donors (Lipinski definition) is 0. The number of piperazine rings is 1. The molecule has 0 N–H and O–H groups in total. The minimum atomic E-state index is -0.827. The number of anilines is 1. The second kappa shape index (κ2) is 12.1. The van der Waals surface area contributed by atoms with Gasteiger partial charge in [-0.2, -0.15) is 10.2 Å². The Morgan fingerprint density at radius 1 is 1.22 bits per heavy atom. The molecule has 0 saturated carbocycles. The molecule has 4 aromatic rings. The van der Waals surface area contributed by atoms with Gasteiger partial charge in [-0.25, -0.2) is 23.1 Å². The predicted octanol–water partition coefficient (Wildman–Crippen LogP) is 4.69. The van der Waals surface area contributed by atoms with Crippen LogP contribution in [0.25, 0.3) is 28.0 Å². The summed E-state index contributed by atoms with van der Waals surface area (Å²) in [6.45, 7) is 8.37. The van der Waals surface area contributed by atoms with Gasteiger partial charge in [0.1, 0.15) is 23.1 Å². The molecule has 5 heterocycles. The van der Waals surface area contributed by atoms with Gasteiger partial charge in [-0.1, -0.05) is 26.5 Å². The van der Waals surface area contributed by atoms with Gasteiger partial charge in [0.2, 0.25) is 5.91 Å². The first-order valence-electron chi connectivity index (χ1n) is 14.8. The molecule has 1 atom stereocenters. The molecule has 12 heteroatoms. The molecule has 230 valence electrons. The van der Waals surface area contributed by atoms with E-state index in [-0.39, 0.29) is 78.3 Å². The summed E-state index contributed by atoms with van der Waals surface area (Å²) in [4.78, 5) is 43.7. The summed E-state index contributed by atoms with van der Waals surface area (Å²) >= 11 is 0. The maximum absolute atomic E-state index is 16.2. The van der Waals surface area contributed by atoms with E-state index in [2.05, 4.69) is 27.6 Å². The molecular weight excluding hydrogens is 580 g/mol. The molecule has 0 radical (unpaired) electrons. The van der Waals surface area contributed by atoms with E-state index in [0.29, 0.717) is 24.2 Å². The quantitative estimate of drug-likeness (QED) is 0.305. The van der Waals surface area contributed by atoms with E-state index in [1.807, 2.05) is 19.9 Å². The van der Waals surface area contributed by atoms with Gasteiger partial charge in [0.15, 0.2) is 11.5 Å². The Kier molecular flexibility index (Phi) is 8.01. The number of benzene rings is 1. The Morgan fingerprint density at radius 3 is 2.80 bits per heavy atom. The fourth-order valence-corrected chi connectivity index (χ4v) is 6.15. The number of pyridine rings is 2. The van der Waals surface area contributed by atoms with E-state index >= 15 is 8.78 Å². The van der Waals surface area contributed by atoms with E-state index in [1.54, 1.807) is 22.1 Å². The lowest BCUT2D eigenvalue weighted by Gasteiger charge is -2.41. The fraction of sp³-hybridized carbons (Fsp3) is 0.333. The maximum atomic E-state index is 16.2. The van der Waals surface area contributed by atoms with Crippen molar-refractivity contribution in [2.45, 2.75) is 45.1 Å². The van der Waals surface area contributed by atoms with Crippen molar-refractivity contribution >= 4 is 22.8 Å². The van der Waals surface area contributed by atoms with Crippen molar-refractivity contribution < 1.29 is 18.3 Å². The van der Waals surface area contributed by atoms with E-state index in [4.69, 9.17) is 4.74 Å². The number of rotatable bonds is 4. The van der Waals surface area contributed by atoms with Crippen LogP contribution in [0.1, 0.15) is 43.9 Å². The Bertz CT molecular complexity index is 1930. The van der Waals surface area contributed by atoms with Crippen LogP contribution >= 0.6 is 0 Å². The summed E-state index contributed by atoms with van der Waals surface area (Å²) in [5.74, 6) is -1.64. The lowest BCUT2D eigenvalue weighted by Crippen LogP contribution is -2.55. The third-order valence-corrected chi connectivity index (χ3v) is 8.24. The largest absolute Gasteiger partial charge is 0.493 e. The van der Waals surface area contributed by atoms with Crippen LogP contribution in [0, 0.1) is 23.0 Å². The molecule has 1 fully saturated rings. The zero-order valence-corrected chi connectivity index (χ0v) is 25.0. The standard InChI is InChI=1S/C33H31F2N7O3/c1-4-26(43)41-15-14-40(18-21(41)10-12-36)31-22-17-24(35)29-27-23(34)8-5-9-25(27)45-16-6-7-20-11-13-37-28(19(2)3)30(20)42(32(22)38-29)33(44)39-31/h4-5,8-9,11,13,17,19,21H,1,6-7,10,14-16,18H2,2-3H3/t21-/m0/s1. The van der Waals surface area contributed by atoms with Crippen molar-refractivity contribution in [3.63, 3.8) is 0 Å². The summed E-state index contributed by atoms with van der Waals surface area (Å²) in [5, 5.41) is 9.70. The SMILES string of the molecule is C=CC(=O)N1CCN(c2nc(=O)n3c4nc(c(F)cc24)-c2c(F)cccc2OCCCc2ccnc(C(C)C)c2-3)C[C@@H]1CC#N. The second-order valence-electron chi connectivity index (χ2n) is 11.4. The predicted molar refractivity (Wildman–Crippen MR) is 164 cm³/mol. The Hall–Kier alpha value is -5.18. The van der Waals surface area contributed by atoms with Gasteiger partial charge in [-0.15, -0.1) is 0 Å². The average Bonchev–Trinajstić information content (AvgIpc) is 3.02. The maximum Gasteiger partial charge on any atom is 0.355 e. The van der Waals surface area contributed by atoms with Crippen LogP contribution in [0.3, 0.4) is 0 Å². The van der Waals surface area contributed by atoms with Gasteiger partial charge in [0, 0.05) is 25.8 Å². The number of ether oxygens (including phenoxy) is 1. The van der Waals surface area contributed by atoms with E-state index in [0.717, 1.165) is 5.56 Å². The fourth-order valence-electron chi connectivity index (χ4n) is 6.15. The molecule has 2 bridgehead atoms. The zero-order valence-electron chi connectivity index (χ0n) is 25.0. The van der Waals surface area contributed by atoms with Crippen molar-refractivity contribution in [3.8, 4) is 28.8 Å². The third-order valence-electron chi connectivity index (χ3n) is 8.24.